The fraction of sp³-hybridized carbons (Fsp3) is 0.222. The quantitative estimate of drug-likeness (QED) is 0.804. The van der Waals surface area contributed by atoms with Crippen molar-refractivity contribution in [3.8, 4) is 0 Å². The van der Waals surface area contributed by atoms with E-state index in [-0.39, 0.29) is 5.91 Å². The number of benzene rings is 2. The van der Waals surface area contributed by atoms with Crippen LogP contribution in [0.4, 0.5) is 5.95 Å². The molecule has 0 saturated heterocycles. The molecule has 2 aromatic carbocycles. The number of amides is 1. The summed E-state index contributed by atoms with van der Waals surface area (Å²) in [6.45, 7) is 0.661. The van der Waals surface area contributed by atoms with Crippen LogP contribution in [0.2, 0.25) is 0 Å². The molecule has 5 heteroatoms. The van der Waals surface area contributed by atoms with Crippen molar-refractivity contribution in [2.75, 3.05) is 19.8 Å². The number of hydrogen-bond donors (Lipinski definition) is 1. The Morgan fingerprint density at radius 3 is 2.57 bits per heavy atom. The van der Waals surface area contributed by atoms with Gasteiger partial charge in [-0.2, -0.15) is 0 Å². The maximum atomic E-state index is 11.9. The summed E-state index contributed by atoms with van der Waals surface area (Å²) in [6.07, 6.45) is 0.374. The van der Waals surface area contributed by atoms with Gasteiger partial charge in [-0.1, -0.05) is 36.4 Å². The Morgan fingerprint density at radius 2 is 1.87 bits per heavy atom. The molecule has 0 spiro atoms. The molecule has 3 aromatic rings. The molecule has 1 amide bonds. The molecule has 0 saturated carbocycles. The Balaban J connectivity index is 1.97. The molecular weight excluding hydrogens is 288 g/mol. The van der Waals surface area contributed by atoms with Crippen LogP contribution in [0, 0.1) is 0 Å². The van der Waals surface area contributed by atoms with E-state index in [4.69, 9.17) is 5.73 Å². The zero-order chi connectivity index (χ0) is 16.4. The normalized spacial score (nSPS) is 10.9. The maximum absolute atomic E-state index is 11.9. The smallest absolute Gasteiger partial charge is 0.226 e. The van der Waals surface area contributed by atoms with Crippen LogP contribution in [-0.2, 0) is 17.8 Å². The number of nitrogens with two attached hydrogens (primary N) is 1. The third kappa shape index (κ3) is 3.18. The molecule has 0 aliphatic heterocycles. The Bertz CT molecular complexity index is 837. The van der Waals surface area contributed by atoms with Crippen molar-refractivity contribution in [3.05, 3.63) is 59.7 Å². The van der Waals surface area contributed by atoms with E-state index in [1.54, 1.807) is 19.0 Å². The van der Waals surface area contributed by atoms with Gasteiger partial charge in [0.05, 0.1) is 24.0 Å². The Labute approximate surface area is 135 Å². The number of imidazole rings is 1. The lowest BCUT2D eigenvalue weighted by molar-refractivity contribution is -0.127. The van der Waals surface area contributed by atoms with Crippen molar-refractivity contribution in [2.24, 2.45) is 0 Å². The molecule has 118 valence electrons. The van der Waals surface area contributed by atoms with Crippen molar-refractivity contribution in [1.82, 2.24) is 14.5 Å². The summed E-state index contributed by atoms with van der Waals surface area (Å²) >= 11 is 0. The van der Waals surface area contributed by atoms with Gasteiger partial charge in [0.1, 0.15) is 0 Å². The molecule has 0 radical (unpaired) electrons. The van der Waals surface area contributed by atoms with E-state index in [0.717, 1.165) is 22.2 Å². The van der Waals surface area contributed by atoms with E-state index in [1.807, 2.05) is 41.0 Å². The van der Waals surface area contributed by atoms with Crippen LogP contribution in [0.1, 0.15) is 11.1 Å². The van der Waals surface area contributed by atoms with Gasteiger partial charge < -0.3 is 15.2 Å². The minimum Gasteiger partial charge on any atom is -0.369 e. The summed E-state index contributed by atoms with van der Waals surface area (Å²) in [5.74, 6) is 0.561. The average molecular weight is 308 g/mol. The van der Waals surface area contributed by atoms with Gasteiger partial charge in [-0.05, 0) is 23.3 Å². The predicted molar refractivity (Wildman–Crippen MR) is 92.1 cm³/mol. The first-order valence-corrected chi connectivity index (χ1v) is 7.53. The van der Waals surface area contributed by atoms with Gasteiger partial charge in [0, 0.05) is 14.1 Å². The molecule has 23 heavy (non-hydrogen) atoms. The minimum atomic E-state index is 0.0754. The summed E-state index contributed by atoms with van der Waals surface area (Å²) < 4.78 is 1.98. The molecule has 1 heterocycles. The number of nitrogens with zero attached hydrogens (tertiary/aromatic N) is 3. The first-order valence-electron chi connectivity index (χ1n) is 7.53. The number of anilines is 1. The number of nitrogen functional groups attached to an aromatic ring is 1. The standard InChI is InChI=1S/C18H20N4O/c1-21(2)17(23)11-14-8-9-15-16(10-14)22(18(19)20-15)12-13-6-4-3-5-7-13/h3-10H,11-12H2,1-2H3,(H2,19,20). The highest BCUT2D eigenvalue weighted by molar-refractivity contribution is 5.83. The van der Waals surface area contributed by atoms with Gasteiger partial charge in [-0.25, -0.2) is 4.98 Å². The van der Waals surface area contributed by atoms with Crippen molar-refractivity contribution in [3.63, 3.8) is 0 Å². The zero-order valence-electron chi connectivity index (χ0n) is 13.4. The first kappa shape index (κ1) is 15.1. The van der Waals surface area contributed by atoms with Crippen molar-refractivity contribution < 1.29 is 4.79 Å². The van der Waals surface area contributed by atoms with Gasteiger partial charge in [-0.15, -0.1) is 0 Å². The van der Waals surface area contributed by atoms with Gasteiger partial charge in [0.15, 0.2) is 0 Å². The summed E-state index contributed by atoms with van der Waals surface area (Å²) in [5.41, 5.74) is 10.0. The van der Waals surface area contributed by atoms with Gasteiger partial charge in [-0.3, -0.25) is 4.79 Å². The number of carbonyl (C=O) groups is 1. The van der Waals surface area contributed by atoms with Crippen LogP contribution in [0.15, 0.2) is 48.5 Å². The second-order valence-electron chi connectivity index (χ2n) is 5.83. The summed E-state index contributed by atoms with van der Waals surface area (Å²) in [6, 6.07) is 16.0. The van der Waals surface area contributed by atoms with E-state index < -0.39 is 0 Å². The van der Waals surface area contributed by atoms with E-state index in [9.17, 15) is 4.79 Å². The summed E-state index contributed by atoms with van der Waals surface area (Å²) in [4.78, 5) is 17.9. The van der Waals surface area contributed by atoms with Crippen LogP contribution in [-0.4, -0.2) is 34.5 Å². The number of carbonyl (C=O) groups excluding carboxylic acids is 1. The number of aromatic nitrogens is 2. The van der Waals surface area contributed by atoms with Crippen molar-refractivity contribution >= 4 is 22.9 Å². The second kappa shape index (κ2) is 6.12. The maximum Gasteiger partial charge on any atom is 0.226 e. The van der Waals surface area contributed by atoms with Crippen LogP contribution in [0.25, 0.3) is 11.0 Å². The van der Waals surface area contributed by atoms with Crippen LogP contribution < -0.4 is 5.73 Å². The number of rotatable bonds is 4. The lowest BCUT2D eigenvalue weighted by Crippen LogP contribution is -2.23. The monoisotopic (exact) mass is 308 g/mol. The van der Waals surface area contributed by atoms with E-state index in [2.05, 4.69) is 17.1 Å². The van der Waals surface area contributed by atoms with Crippen molar-refractivity contribution in [1.29, 1.82) is 0 Å². The van der Waals surface area contributed by atoms with E-state index in [0.29, 0.717) is 18.9 Å². The topological polar surface area (TPSA) is 64.2 Å². The van der Waals surface area contributed by atoms with Crippen LogP contribution in [0.5, 0.6) is 0 Å². The number of hydrogen-bond acceptors (Lipinski definition) is 3. The first-order chi connectivity index (χ1) is 11.0. The summed E-state index contributed by atoms with van der Waals surface area (Å²) in [7, 11) is 3.52. The fourth-order valence-electron chi connectivity index (χ4n) is 2.56. The molecule has 3 rings (SSSR count). The van der Waals surface area contributed by atoms with Gasteiger partial charge >= 0.3 is 0 Å². The molecular formula is C18H20N4O. The van der Waals surface area contributed by atoms with E-state index in [1.165, 1.54) is 0 Å². The Morgan fingerprint density at radius 1 is 1.13 bits per heavy atom. The third-order valence-electron chi connectivity index (χ3n) is 3.88. The average Bonchev–Trinajstić information content (AvgIpc) is 2.84. The van der Waals surface area contributed by atoms with Crippen molar-refractivity contribution in [2.45, 2.75) is 13.0 Å². The molecule has 0 aliphatic rings. The third-order valence-corrected chi connectivity index (χ3v) is 3.88. The minimum absolute atomic E-state index is 0.0754. The highest BCUT2D eigenvalue weighted by Crippen LogP contribution is 2.21. The predicted octanol–water partition coefficient (Wildman–Crippen LogP) is 2.30. The second-order valence-corrected chi connectivity index (χ2v) is 5.83. The van der Waals surface area contributed by atoms with E-state index >= 15 is 0 Å². The van der Waals surface area contributed by atoms with Crippen LogP contribution in [0.3, 0.4) is 0 Å². The largest absolute Gasteiger partial charge is 0.369 e. The summed E-state index contributed by atoms with van der Waals surface area (Å²) in [5, 5.41) is 0. The molecule has 1 aromatic heterocycles. The van der Waals surface area contributed by atoms with Crippen LogP contribution >= 0.6 is 0 Å². The highest BCUT2D eigenvalue weighted by atomic mass is 16.2. The molecule has 0 atom stereocenters. The fourth-order valence-corrected chi connectivity index (χ4v) is 2.56. The zero-order valence-corrected chi connectivity index (χ0v) is 13.4. The van der Waals surface area contributed by atoms with Gasteiger partial charge in [0.2, 0.25) is 11.9 Å². The molecule has 0 bridgehead atoms. The highest BCUT2D eigenvalue weighted by Gasteiger charge is 2.11. The Kier molecular flexibility index (Phi) is 4.02. The lowest BCUT2D eigenvalue weighted by atomic mass is 10.1. The molecule has 2 N–H and O–H groups in total. The SMILES string of the molecule is CN(C)C(=O)Cc1ccc2nc(N)n(Cc3ccccc3)c2c1. The number of fused-ring (bicyclic) bond motifs is 1. The molecule has 0 unspecified atom stereocenters. The lowest BCUT2D eigenvalue weighted by Gasteiger charge is -2.11. The Hall–Kier alpha value is -2.82. The van der Waals surface area contributed by atoms with Gasteiger partial charge in [0.25, 0.3) is 0 Å². The molecule has 0 aliphatic carbocycles. The molecule has 0 fully saturated rings. The molecule has 5 nitrogen and oxygen atoms in total. The number of likely N-dealkylation sites (N-methyl/N-ethyl adjacent to an activating group) is 1.